The average Bonchev–Trinajstić information content (AvgIpc) is 2.76. The fourth-order valence-corrected chi connectivity index (χ4v) is 3.90. The normalized spacial score (nSPS) is 38.1. The SMILES string of the molecule is CN1C[C@@H]2CN(CC3CCNCC3)C[C@@H]2C1. The molecule has 0 amide bonds. The minimum Gasteiger partial charge on any atom is -0.317 e. The Morgan fingerprint density at radius 3 is 2.25 bits per heavy atom. The maximum atomic E-state index is 3.46. The summed E-state index contributed by atoms with van der Waals surface area (Å²) < 4.78 is 0. The van der Waals surface area contributed by atoms with Gasteiger partial charge in [-0.2, -0.15) is 0 Å². The van der Waals surface area contributed by atoms with Crippen molar-refractivity contribution >= 4 is 0 Å². The Kier molecular flexibility index (Phi) is 3.18. The first-order valence-electron chi connectivity index (χ1n) is 6.93. The zero-order chi connectivity index (χ0) is 11.0. The Morgan fingerprint density at radius 2 is 1.62 bits per heavy atom. The number of hydrogen-bond acceptors (Lipinski definition) is 3. The van der Waals surface area contributed by atoms with Crippen LogP contribution in [0.3, 0.4) is 0 Å². The lowest BCUT2D eigenvalue weighted by molar-refractivity contribution is 0.217. The van der Waals surface area contributed by atoms with Crippen molar-refractivity contribution in [3.8, 4) is 0 Å². The minimum atomic E-state index is 0.970. The molecule has 3 saturated heterocycles. The summed E-state index contributed by atoms with van der Waals surface area (Å²) in [6.07, 6.45) is 2.79. The van der Waals surface area contributed by atoms with Crippen molar-refractivity contribution in [2.45, 2.75) is 12.8 Å². The third-order valence-electron chi connectivity index (χ3n) is 4.72. The lowest BCUT2D eigenvalue weighted by Gasteiger charge is -2.28. The highest BCUT2D eigenvalue weighted by molar-refractivity contribution is 4.92. The van der Waals surface area contributed by atoms with Crippen LogP contribution in [0.25, 0.3) is 0 Å². The fourth-order valence-electron chi connectivity index (χ4n) is 3.90. The summed E-state index contributed by atoms with van der Waals surface area (Å²) in [4.78, 5) is 5.26. The molecule has 92 valence electrons. The highest BCUT2D eigenvalue weighted by Gasteiger charge is 2.38. The Morgan fingerprint density at radius 1 is 1.00 bits per heavy atom. The summed E-state index contributed by atoms with van der Waals surface area (Å²) in [6, 6.07) is 0. The summed E-state index contributed by atoms with van der Waals surface area (Å²) in [5.74, 6) is 2.93. The molecule has 3 heteroatoms. The standard InChI is InChI=1S/C13H25N3/c1-15-7-12-9-16(10-13(12)8-15)6-11-2-4-14-5-3-11/h11-14H,2-10H2,1H3/t12-,13+. The van der Waals surface area contributed by atoms with Gasteiger partial charge in [-0.25, -0.2) is 0 Å². The third kappa shape index (κ3) is 2.27. The van der Waals surface area contributed by atoms with Crippen LogP contribution in [0.4, 0.5) is 0 Å². The van der Waals surface area contributed by atoms with E-state index in [-0.39, 0.29) is 0 Å². The van der Waals surface area contributed by atoms with Gasteiger partial charge in [0.15, 0.2) is 0 Å². The Hall–Kier alpha value is -0.120. The van der Waals surface area contributed by atoms with Crippen molar-refractivity contribution in [2.75, 3.05) is 52.9 Å². The first-order chi connectivity index (χ1) is 7.81. The van der Waals surface area contributed by atoms with Crippen LogP contribution in [0.2, 0.25) is 0 Å². The summed E-state index contributed by atoms with van der Waals surface area (Å²) >= 11 is 0. The smallest absolute Gasteiger partial charge is 0.00258 e. The molecule has 0 aromatic heterocycles. The van der Waals surface area contributed by atoms with E-state index in [0.29, 0.717) is 0 Å². The molecule has 0 bridgehead atoms. The molecule has 3 rings (SSSR count). The topological polar surface area (TPSA) is 18.5 Å². The fraction of sp³-hybridized carbons (Fsp3) is 1.00. The molecule has 0 spiro atoms. The average molecular weight is 223 g/mol. The van der Waals surface area contributed by atoms with Crippen molar-refractivity contribution in [3.63, 3.8) is 0 Å². The maximum Gasteiger partial charge on any atom is 0.00258 e. The molecular formula is C13H25N3. The lowest BCUT2D eigenvalue weighted by Crippen LogP contribution is -2.36. The molecule has 0 radical (unpaired) electrons. The zero-order valence-corrected chi connectivity index (χ0v) is 10.5. The van der Waals surface area contributed by atoms with E-state index in [0.717, 1.165) is 17.8 Å². The predicted molar refractivity (Wildman–Crippen MR) is 66.5 cm³/mol. The highest BCUT2D eigenvalue weighted by atomic mass is 15.2. The molecule has 0 aromatic carbocycles. The molecule has 0 aliphatic carbocycles. The predicted octanol–water partition coefficient (Wildman–Crippen LogP) is 0.479. The van der Waals surface area contributed by atoms with E-state index in [9.17, 15) is 0 Å². The first kappa shape index (κ1) is 11.0. The molecule has 0 aromatic rings. The van der Waals surface area contributed by atoms with Crippen LogP contribution >= 0.6 is 0 Å². The van der Waals surface area contributed by atoms with Crippen molar-refractivity contribution in [3.05, 3.63) is 0 Å². The second-order valence-corrected chi connectivity index (χ2v) is 6.15. The molecule has 16 heavy (non-hydrogen) atoms. The van der Waals surface area contributed by atoms with Crippen molar-refractivity contribution in [2.24, 2.45) is 17.8 Å². The van der Waals surface area contributed by atoms with Crippen LogP contribution in [0.15, 0.2) is 0 Å². The van der Waals surface area contributed by atoms with Crippen molar-refractivity contribution in [1.82, 2.24) is 15.1 Å². The summed E-state index contributed by atoms with van der Waals surface area (Å²) in [5, 5.41) is 3.46. The van der Waals surface area contributed by atoms with Gasteiger partial charge in [0, 0.05) is 32.7 Å². The maximum absolute atomic E-state index is 3.46. The van der Waals surface area contributed by atoms with Crippen molar-refractivity contribution in [1.29, 1.82) is 0 Å². The van der Waals surface area contributed by atoms with Gasteiger partial charge in [-0.1, -0.05) is 0 Å². The van der Waals surface area contributed by atoms with Crippen LogP contribution in [0.5, 0.6) is 0 Å². The van der Waals surface area contributed by atoms with Gasteiger partial charge in [0.2, 0.25) is 0 Å². The molecule has 3 nitrogen and oxygen atoms in total. The van der Waals surface area contributed by atoms with Gasteiger partial charge in [0.05, 0.1) is 0 Å². The largest absolute Gasteiger partial charge is 0.317 e. The molecule has 3 aliphatic heterocycles. The van der Waals surface area contributed by atoms with Crippen LogP contribution in [0.1, 0.15) is 12.8 Å². The third-order valence-corrected chi connectivity index (χ3v) is 4.72. The van der Waals surface area contributed by atoms with E-state index in [1.54, 1.807) is 0 Å². The molecule has 3 aliphatic rings. The molecule has 0 unspecified atom stereocenters. The first-order valence-corrected chi connectivity index (χ1v) is 6.93. The molecule has 2 atom stereocenters. The van der Waals surface area contributed by atoms with E-state index < -0.39 is 0 Å². The lowest BCUT2D eigenvalue weighted by atomic mass is 9.98. The van der Waals surface area contributed by atoms with Gasteiger partial charge in [0.25, 0.3) is 0 Å². The van der Waals surface area contributed by atoms with Crippen LogP contribution in [-0.2, 0) is 0 Å². The number of fused-ring (bicyclic) bond motifs is 1. The molecule has 3 fully saturated rings. The Bertz CT molecular complexity index is 223. The number of piperidine rings is 1. The molecule has 1 N–H and O–H groups in total. The summed E-state index contributed by atoms with van der Waals surface area (Å²) in [7, 11) is 2.27. The molecule has 3 heterocycles. The number of nitrogens with zero attached hydrogens (tertiary/aromatic N) is 2. The summed E-state index contributed by atoms with van der Waals surface area (Å²) in [6.45, 7) is 9.29. The van der Waals surface area contributed by atoms with Gasteiger partial charge < -0.3 is 15.1 Å². The monoisotopic (exact) mass is 223 g/mol. The van der Waals surface area contributed by atoms with E-state index in [2.05, 4.69) is 22.2 Å². The zero-order valence-electron chi connectivity index (χ0n) is 10.5. The summed E-state index contributed by atoms with van der Waals surface area (Å²) in [5.41, 5.74) is 0. The van der Waals surface area contributed by atoms with Gasteiger partial charge in [-0.15, -0.1) is 0 Å². The van der Waals surface area contributed by atoms with E-state index in [4.69, 9.17) is 0 Å². The number of hydrogen-bond donors (Lipinski definition) is 1. The van der Waals surface area contributed by atoms with Crippen LogP contribution in [-0.4, -0.2) is 62.7 Å². The van der Waals surface area contributed by atoms with E-state index in [1.165, 1.54) is 58.7 Å². The number of likely N-dealkylation sites (tertiary alicyclic amines) is 2. The van der Waals surface area contributed by atoms with Gasteiger partial charge in [-0.05, 0) is 50.7 Å². The van der Waals surface area contributed by atoms with E-state index >= 15 is 0 Å². The number of rotatable bonds is 2. The highest BCUT2D eigenvalue weighted by Crippen LogP contribution is 2.31. The number of nitrogens with one attached hydrogen (secondary N) is 1. The quantitative estimate of drug-likeness (QED) is 0.734. The van der Waals surface area contributed by atoms with Gasteiger partial charge >= 0.3 is 0 Å². The molecular weight excluding hydrogens is 198 g/mol. The van der Waals surface area contributed by atoms with Crippen LogP contribution in [0, 0.1) is 17.8 Å². The second-order valence-electron chi connectivity index (χ2n) is 6.15. The van der Waals surface area contributed by atoms with Gasteiger partial charge in [-0.3, -0.25) is 0 Å². The van der Waals surface area contributed by atoms with Crippen molar-refractivity contribution < 1.29 is 0 Å². The van der Waals surface area contributed by atoms with E-state index in [1.807, 2.05) is 0 Å². The Balaban J connectivity index is 1.47. The van der Waals surface area contributed by atoms with Gasteiger partial charge in [0.1, 0.15) is 0 Å². The second kappa shape index (κ2) is 4.63. The minimum absolute atomic E-state index is 0.970. The van der Waals surface area contributed by atoms with Crippen LogP contribution < -0.4 is 5.32 Å². The molecule has 0 saturated carbocycles. The Labute approximate surface area is 99.2 Å².